The number of para-hydroxylation sites is 1. The fourth-order valence-corrected chi connectivity index (χ4v) is 9.18. The maximum absolute atomic E-state index is 13.6. The Morgan fingerprint density at radius 1 is 1.09 bits per heavy atom. The van der Waals surface area contributed by atoms with Gasteiger partial charge in [-0.3, -0.25) is 4.79 Å². The molecule has 0 amide bonds. The quantitative estimate of drug-likeness (QED) is 0.696. The van der Waals surface area contributed by atoms with Crippen molar-refractivity contribution in [3.8, 4) is 0 Å². The Morgan fingerprint density at radius 2 is 1.91 bits per heavy atom. The molecule has 8 atom stereocenters. The molecule has 0 saturated heterocycles. The highest BCUT2D eigenvalue weighted by atomic mass is 16.5. The van der Waals surface area contributed by atoms with Crippen LogP contribution in [-0.4, -0.2) is 45.2 Å². The molecule has 0 spiro atoms. The molecule has 0 aliphatic heterocycles. The molecule has 4 aliphatic carbocycles. The number of nitrogens with zero attached hydrogens (tertiary/aromatic N) is 3. The van der Waals surface area contributed by atoms with E-state index in [0.29, 0.717) is 30.8 Å². The largest absolute Gasteiger partial charge is 0.387 e. The molecule has 6 heteroatoms. The summed E-state index contributed by atoms with van der Waals surface area (Å²) in [7, 11) is 1.70. The fraction of sp³-hybridized carbons (Fsp3) is 0.750. The van der Waals surface area contributed by atoms with Gasteiger partial charge in [0.2, 0.25) is 0 Å². The number of aliphatic hydroxyl groups is 1. The van der Waals surface area contributed by atoms with Crippen LogP contribution in [0.15, 0.2) is 24.3 Å². The number of rotatable bonds is 5. The number of fused-ring (bicyclic) bond motifs is 6. The molecule has 1 heterocycles. The lowest BCUT2D eigenvalue weighted by molar-refractivity contribution is -0.136. The number of ketones is 1. The highest BCUT2D eigenvalue weighted by molar-refractivity contribution is 5.84. The number of methoxy groups -OCH3 is 1. The normalized spacial score (nSPS) is 41.6. The summed E-state index contributed by atoms with van der Waals surface area (Å²) >= 11 is 0. The van der Waals surface area contributed by atoms with Crippen molar-refractivity contribution in [2.75, 3.05) is 13.7 Å². The zero-order valence-electron chi connectivity index (χ0n) is 20.7. The molecule has 8 unspecified atom stereocenters. The van der Waals surface area contributed by atoms with Crippen molar-refractivity contribution in [2.24, 2.45) is 40.9 Å². The Hall–Kier alpha value is -1.79. The Labute approximate surface area is 202 Å². The number of ether oxygens (including phenoxy) is 1. The molecule has 4 fully saturated rings. The lowest BCUT2D eigenvalue weighted by Gasteiger charge is -2.57. The second kappa shape index (κ2) is 8.41. The molecule has 2 aromatic rings. The minimum atomic E-state index is -0.623. The summed E-state index contributed by atoms with van der Waals surface area (Å²) in [4.78, 5) is 13.6. The van der Waals surface area contributed by atoms with Gasteiger partial charge in [-0.2, -0.15) is 0 Å². The molecule has 1 N–H and O–H groups in total. The molecule has 4 saturated carbocycles. The van der Waals surface area contributed by atoms with Crippen molar-refractivity contribution in [3.63, 3.8) is 0 Å². The van der Waals surface area contributed by atoms with Crippen LogP contribution in [0.2, 0.25) is 0 Å². The van der Waals surface area contributed by atoms with Gasteiger partial charge in [-0.1, -0.05) is 24.3 Å². The van der Waals surface area contributed by atoms with Crippen LogP contribution in [0.3, 0.4) is 0 Å². The van der Waals surface area contributed by atoms with Crippen LogP contribution in [0.4, 0.5) is 0 Å². The number of carbonyl (C=O) groups is 1. The van der Waals surface area contributed by atoms with E-state index < -0.39 is 5.60 Å². The maximum atomic E-state index is 13.6. The van der Waals surface area contributed by atoms with Crippen LogP contribution < -0.4 is 0 Å². The van der Waals surface area contributed by atoms with Crippen molar-refractivity contribution in [2.45, 2.75) is 76.9 Å². The van der Waals surface area contributed by atoms with E-state index in [0.717, 1.165) is 54.5 Å². The molecule has 4 aliphatic rings. The van der Waals surface area contributed by atoms with Crippen molar-refractivity contribution in [1.29, 1.82) is 0 Å². The van der Waals surface area contributed by atoms with Gasteiger partial charge in [0.05, 0.1) is 17.7 Å². The second-order valence-corrected chi connectivity index (χ2v) is 12.2. The Kier molecular flexibility index (Phi) is 5.60. The summed E-state index contributed by atoms with van der Waals surface area (Å²) < 4.78 is 7.14. The number of aromatic nitrogens is 3. The molecular weight excluding hydrogens is 426 g/mol. The van der Waals surface area contributed by atoms with Crippen molar-refractivity contribution >= 4 is 16.8 Å². The smallest absolute Gasteiger partial charge is 0.157 e. The van der Waals surface area contributed by atoms with E-state index in [1.807, 2.05) is 24.3 Å². The molecule has 0 bridgehead atoms. The zero-order valence-corrected chi connectivity index (χ0v) is 20.7. The summed E-state index contributed by atoms with van der Waals surface area (Å²) in [6.07, 6.45) is 10.0. The summed E-state index contributed by atoms with van der Waals surface area (Å²) in [5.74, 6) is 4.05. The van der Waals surface area contributed by atoms with Gasteiger partial charge in [-0.15, -0.1) is 5.10 Å². The molecule has 0 radical (unpaired) electrons. The number of benzene rings is 1. The van der Waals surface area contributed by atoms with E-state index in [-0.39, 0.29) is 11.3 Å². The third-order valence-electron chi connectivity index (χ3n) is 10.6. The Balaban J connectivity index is 1.17. The zero-order chi connectivity index (χ0) is 23.5. The predicted octanol–water partition coefficient (Wildman–Crippen LogP) is 4.65. The standard InChI is InChI=1S/C28H39N3O3/c1-27-13-11-20-19-12-14-28(33,17-34-2)15-18(19)7-8-21(20)22(27)9-10-23(27)26(32)16-31-25-6-4-3-5-24(25)29-30-31/h3-6,18-23,33H,7-17H2,1-2H3. The van der Waals surface area contributed by atoms with E-state index in [2.05, 4.69) is 17.2 Å². The number of carbonyl (C=O) groups excluding carboxylic acids is 1. The van der Waals surface area contributed by atoms with Gasteiger partial charge in [-0.25, -0.2) is 4.68 Å². The second-order valence-electron chi connectivity index (χ2n) is 12.2. The maximum Gasteiger partial charge on any atom is 0.157 e. The summed E-state index contributed by atoms with van der Waals surface area (Å²) in [6, 6.07) is 7.90. The molecule has 34 heavy (non-hydrogen) atoms. The van der Waals surface area contributed by atoms with Crippen LogP contribution >= 0.6 is 0 Å². The van der Waals surface area contributed by atoms with Gasteiger partial charge in [0, 0.05) is 13.0 Å². The number of hydrogen-bond donors (Lipinski definition) is 1. The first-order valence-corrected chi connectivity index (χ1v) is 13.4. The first-order chi connectivity index (χ1) is 16.4. The number of Topliss-reactive ketones (excluding diaryl/α,β-unsaturated/α-hetero) is 1. The van der Waals surface area contributed by atoms with Gasteiger partial charge in [-0.05, 0) is 105 Å². The van der Waals surface area contributed by atoms with E-state index in [4.69, 9.17) is 4.74 Å². The summed E-state index contributed by atoms with van der Waals surface area (Å²) in [6.45, 7) is 3.23. The van der Waals surface area contributed by atoms with Crippen LogP contribution in [0.1, 0.15) is 64.7 Å². The average molecular weight is 466 g/mol. The van der Waals surface area contributed by atoms with E-state index in [9.17, 15) is 9.90 Å². The highest BCUT2D eigenvalue weighted by Gasteiger charge is 2.59. The van der Waals surface area contributed by atoms with Gasteiger partial charge in [0.25, 0.3) is 0 Å². The molecule has 184 valence electrons. The molecule has 6 nitrogen and oxygen atoms in total. The third-order valence-corrected chi connectivity index (χ3v) is 10.6. The number of hydrogen-bond acceptors (Lipinski definition) is 5. The van der Waals surface area contributed by atoms with Crippen LogP contribution in [-0.2, 0) is 16.1 Å². The third kappa shape index (κ3) is 3.55. The van der Waals surface area contributed by atoms with Crippen LogP contribution in [0, 0.1) is 40.9 Å². The minimum Gasteiger partial charge on any atom is -0.387 e. The molecule has 1 aromatic carbocycles. The molecule has 1 aromatic heterocycles. The first-order valence-electron chi connectivity index (χ1n) is 13.4. The fourth-order valence-electron chi connectivity index (χ4n) is 9.18. The van der Waals surface area contributed by atoms with E-state index >= 15 is 0 Å². The SMILES string of the molecule is COCC1(O)CCC2C(CCC3C2CCC2(C)C(C(=O)Cn4nnc5ccccc54)CCC32)C1. The lowest BCUT2D eigenvalue weighted by Crippen LogP contribution is -2.52. The minimum absolute atomic E-state index is 0.118. The summed E-state index contributed by atoms with van der Waals surface area (Å²) in [5.41, 5.74) is 1.30. The van der Waals surface area contributed by atoms with E-state index in [1.165, 1.54) is 32.1 Å². The Morgan fingerprint density at radius 3 is 2.76 bits per heavy atom. The van der Waals surface area contributed by atoms with Gasteiger partial charge < -0.3 is 9.84 Å². The van der Waals surface area contributed by atoms with Gasteiger partial charge >= 0.3 is 0 Å². The van der Waals surface area contributed by atoms with Crippen molar-refractivity contribution in [1.82, 2.24) is 15.0 Å². The van der Waals surface area contributed by atoms with Crippen molar-refractivity contribution in [3.05, 3.63) is 24.3 Å². The Bertz CT molecular complexity index is 1070. The first kappa shape index (κ1) is 22.7. The highest BCUT2D eigenvalue weighted by Crippen LogP contribution is 2.64. The summed E-state index contributed by atoms with van der Waals surface area (Å²) in [5, 5.41) is 19.5. The van der Waals surface area contributed by atoms with Gasteiger partial charge in [0.1, 0.15) is 12.1 Å². The average Bonchev–Trinajstić information content (AvgIpc) is 3.39. The lowest BCUT2D eigenvalue weighted by atomic mass is 9.49. The predicted molar refractivity (Wildman–Crippen MR) is 130 cm³/mol. The van der Waals surface area contributed by atoms with Crippen LogP contribution in [0.5, 0.6) is 0 Å². The molecular formula is C28H39N3O3. The van der Waals surface area contributed by atoms with Crippen LogP contribution in [0.25, 0.3) is 11.0 Å². The molecule has 6 rings (SSSR count). The van der Waals surface area contributed by atoms with E-state index in [1.54, 1.807) is 11.8 Å². The topological polar surface area (TPSA) is 77.2 Å². The van der Waals surface area contributed by atoms with Crippen molar-refractivity contribution < 1.29 is 14.6 Å². The monoisotopic (exact) mass is 465 g/mol. The van der Waals surface area contributed by atoms with Gasteiger partial charge in [0.15, 0.2) is 5.78 Å².